The minimum absolute atomic E-state index is 0.0316. The third-order valence-corrected chi connectivity index (χ3v) is 3.57. The van der Waals surface area contributed by atoms with E-state index in [1.165, 1.54) is 18.2 Å². The molecular weight excluding hydrogens is 346 g/mol. The summed E-state index contributed by atoms with van der Waals surface area (Å²) in [6.07, 6.45) is 4.27. The fraction of sp³-hybridized carbons (Fsp3) is 0.176. The molecule has 0 radical (unpaired) electrons. The summed E-state index contributed by atoms with van der Waals surface area (Å²) < 4.78 is 10.3. The number of hydrogen-bond donors (Lipinski definition) is 1. The smallest absolute Gasteiger partial charge is 0.341 e. The lowest BCUT2D eigenvalue weighted by atomic mass is 10.2. The van der Waals surface area contributed by atoms with E-state index in [1.807, 2.05) is 6.07 Å². The number of hydrogen-bond acceptors (Lipinski definition) is 7. The number of phenols is 1. The van der Waals surface area contributed by atoms with Crippen molar-refractivity contribution in [1.82, 2.24) is 15.1 Å². The van der Waals surface area contributed by atoms with E-state index in [0.717, 1.165) is 5.56 Å². The second-order valence-corrected chi connectivity index (χ2v) is 5.59. The van der Waals surface area contributed by atoms with Crippen molar-refractivity contribution < 1.29 is 19.2 Å². The first-order chi connectivity index (χ1) is 12.1. The van der Waals surface area contributed by atoms with E-state index in [0.29, 0.717) is 29.6 Å². The van der Waals surface area contributed by atoms with Crippen molar-refractivity contribution >= 4 is 17.6 Å². The number of carbonyl (C=O) groups excluding carboxylic acids is 1. The first kappa shape index (κ1) is 16.9. The number of halogens is 1. The van der Waals surface area contributed by atoms with Gasteiger partial charge >= 0.3 is 5.97 Å². The monoisotopic (exact) mass is 359 g/mol. The molecule has 0 saturated carbocycles. The highest BCUT2D eigenvalue weighted by atomic mass is 35.5. The predicted molar refractivity (Wildman–Crippen MR) is 89.2 cm³/mol. The van der Waals surface area contributed by atoms with Crippen molar-refractivity contribution in [3.8, 4) is 17.1 Å². The van der Waals surface area contributed by atoms with Crippen LogP contribution in [0.5, 0.6) is 5.75 Å². The summed E-state index contributed by atoms with van der Waals surface area (Å²) in [5, 5.41) is 13.9. The Kier molecular flexibility index (Phi) is 5.25. The van der Waals surface area contributed by atoms with E-state index in [9.17, 15) is 9.90 Å². The number of pyridine rings is 1. The molecule has 0 fully saturated rings. The van der Waals surface area contributed by atoms with Crippen LogP contribution in [0.4, 0.5) is 0 Å². The highest BCUT2D eigenvalue weighted by molar-refractivity contribution is 6.31. The molecule has 0 aliphatic heterocycles. The minimum atomic E-state index is -0.637. The topological polar surface area (TPSA) is 98.3 Å². The molecule has 25 heavy (non-hydrogen) atoms. The summed E-state index contributed by atoms with van der Waals surface area (Å²) in [5.74, 6) is 0.0958. The first-order valence-corrected chi connectivity index (χ1v) is 7.90. The van der Waals surface area contributed by atoms with Crippen molar-refractivity contribution in [3.63, 3.8) is 0 Å². The standard InChI is InChI=1S/C17H14ClN3O4/c18-12-5-6-14(22)13(9-12)17(23)24-8-2-4-15-20-16(21-25-15)11-3-1-7-19-10-11/h1,3,5-7,9-10,22H,2,4,8H2. The molecule has 0 spiro atoms. The van der Waals surface area contributed by atoms with Crippen molar-refractivity contribution in [1.29, 1.82) is 0 Å². The second-order valence-electron chi connectivity index (χ2n) is 5.15. The zero-order valence-electron chi connectivity index (χ0n) is 13.1. The van der Waals surface area contributed by atoms with Gasteiger partial charge in [0.15, 0.2) is 0 Å². The van der Waals surface area contributed by atoms with Gasteiger partial charge in [-0.25, -0.2) is 4.79 Å². The van der Waals surface area contributed by atoms with Gasteiger partial charge in [0.05, 0.1) is 6.61 Å². The Balaban J connectivity index is 1.50. The zero-order chi connectivity index (χ0) is 17.6. The van der Waals surface area contributed by atoms with Gasteiger partial charge in [-0.3, -0.25) is 4.98 Å². The lowest BCUT2D eigenvalue weighted by Crippen LogP contribution is -2.07. The van der Waals surface area contributed by atoms with E-state index in [2.05, 4.69) is 15.1 Å². The van der Waals surface area contributed by atoms with Crippen LogP contribution in [-0.2, 0) is 11.2 Å². The summed E-state index contributed by atoms with van der Waals surface area (Å²) in [6.45, 7) is 0.148. The van der Waals surface area contributed by atoms with Gasteiger partial charge in [-0.05, 0) is 36.8 Å². The number of nitrogens with zero attached hydrogens (tertiary/aromatic N) is 3. The van der Waals surface area contributed by atoms with Crippen LogP contribution in [0.1, 0.15) is 22.7 Å². The maximum atomic E-state index is 11.9. The average molecular weight is 360 g/mol. The van der Waals surface area contributed by atoms with Gasteiger partial charge in [0.25, 0.3) is 0 Å². The van der Waals surface area contributed by atoms with Crippen molar-refractivity contribution in [3.05, 3.63) is 59.2 Å². The number of esters is 1. The molecule has 2 heterocycles. The van der Waals surface area contributed by atoms with Gasteiger partial charge in [0, 0.05) is 29.4 Å². The summed E-state index contributed by atoms with van der Waals surface area (Å²) in [7, 11) is 0. The molecule has 7 nitrogen and oxygen atoms in total. The Hall–Kier alpha value is -2.93. The molecule has 1 aromatic carbocycles. The number of phenolic OH excluding ortho intramolecular Hbond substituents is 1. The number of aromatic hydroxyl groups is 1. The Bertz CT molecular complexity index is 867. The molecule has 0 bridgehead atoms. The summed E-state index contributed by atoms with van der Waals surface area (Å²) >= 11 is 5.80. The van der Waals surface area contributed by atoms with Crippen LogP contribution < -0.4 is 0 Å². The van der Waals surface area contributed by atoms with Crippen LogP contribution >= 0.6 is 11.6 Å². The van der Waals surface area contributed by atoms with E-state index in [4.69, 9.17) is 20.9 Å². The Labute approximate surface area is 148 Å². The minimum Gasteiger partial charge on any atom is -0.507 e. The third kappa shape index (κ3) is 4.33. The van der Waals surface area contributed by atoms with Gasteiger partial charge in [-0.15, -0.1) is 0 Å². The quantitative estimate of drug-likeness (QED) is 0.532. The van der Waals surface area contributed by atoms with Crippen LogP contribution in [0.3, 0.4) is 0 Å². The van der Waals surface area contributed by atoms with E-state index in [1.54, 1.807) is 18.5 Å². The van der Waals surface area contributed by atoms with Gasteiger partial charge in [-0.2, -0.15) is 4.98 Å². The fourth-order valence-corrected chi connectivity index (χ4v) is 2.28. The molecule has 0 aliphatic rings. The third-order valence-electron chi connectivity index (χ3n) is 3.33. The van der Waals surface area contributed by atoms with E-state index in [-0.39, 0.29) is 17.9 Å². The highest BCUT2D eigenvalue weighted by Gasteiger charge is 2.14. The van der Waals surface area contributed by atoms with Crippen LogP contribution in [0.25, 0.3) is 11.4 Å². The number of benzene rings is 1. The molecule has 128 valence electrons. The van der Waals surface area contributed by atoms with Gasteiger partial charge in [0.2, 0.25) is 11.7 Å². The molecule has 0 amide bonds. The zero-order valence-corrected chi connectivity index (χ0v) is 13.8. The number of rotatable bonds is 6. The molecule has 8 heteroatoms. The molecule has 3 rings (SSSR count). The lowest BCUT2D eigenvalue weighted by Gasteiger charge is -2.06. The normalized spacial score (nSPS) is 10.6. The molecule has 1 N–H and O–H groups in total. The van der Waals surface area contributed by atoms with Crippen LogP contribution in [0.15, 0.2) is 47.2 Å². The predicted octanol–water partition coefficient (Wildman–Crippen LogP) is 3.28. The average Bonchev–Trinajstić information content (AvgIpc) is 3.10. The Morgan fingerprint density at radius 2 is 2.20 bits per heavy atom. The summed E-state index contributed by atoms with van der Waals surface area (Å²) in [4.78, 5) is 20.2. The van der Waals surface area contributed by atoms with Gasteiger partial charge in [-0.1, -0.05) is 16.8 Å². The number of aryl methyl sites for hydroxylation is 1. The Morgan fingerprint density at radius 1 is 1.32 bits per heavy atom. The molecule has 0 unspecified atom stereocenters. The fourth-order valence-electron chi connectivity index (χ4n) is 2.11. The first-order valence-electron chi connectivity index (χ1n) is 7.52. The van der Waals surface area contributed by atoms with Crippen molar-refractivity contribution in [2.75, 3.05) is 6.61 Å². The van der Waals surface area contributed by atoms with Crippen LogP contribution in [0, 0.1) is 0 Å². The van der Waals surface area contributed by atoms with Crippen LogP contribution in [0.2, 0.25) is 5.02 Å². The van der Waals surface area contributed by atoms with Gasteiger partial charge in [0.1, 0.15) is 11.3 Å². The molecule has 0 aliphatic carbocycles. The molecular formula is C17H14ClN3O4. The SMILES string of the molecule is O=C(OCCCc1nc(-c2cccnc2)no1)c1cc(Cl)ccc1O. The summed E-state index contributed by atoms with van der Waals surface area (Å²) in [6, 6.07) is 7.81. The maximum absolute atomic E-state index is 11.9. The molecule has 0 atom stereocenters. The maximum Gasteiger partial charge on any atom is 0.341 e. The van der Waals surface area contributed by atoms with Crippen molar-refractivity contribution in [2.24, 2.45) is 0 Å². The Morgan fingerprint density at radius 3 is 3.00 bits per heavy atom. The highest BCUT2D eigenvalue weighted by Crippen LogP contribution is 2.22. The number of carbonyl (C=O) groups is 1. The largest absolute Gasteiger partial charge is 0.507 e. The van der Waals surface area contributed by atoms with E-state index >= 15 is 0 Å². The second kappa shape index (κ2) is 7.76. The molecule has 2 aromatic heterocycles. The van der Waals surface area contributed by atoms with Crippen LogP contribution in [-0.4, -0.2) is 32.8 Å². The number of aromatic nitrogens is 3. The van der Waals surface area contributed by atoms with Crippen molar-refractivity contribution in [2.45, 2.75) is 12.8 Å². The number of ether oxygens (including phenoxy) is 1. The molecule has 3 aromatic rings. The molecule has 0 saturated heterocycles. The van der Waals surface area contributed by atoms with Gasteiger partial charge < -0.3 is 14.4 Å². The van der Waals surface area contributed by atoms with E-state index < -0.39 is 5.97 Å². The summed E-state index contributed by atoms with van der Waals surface area (Å²) in [5.41, 5.74) is 0.796. The lowest BCUT2D eigenvalue weighted by molar-refractivity contribution is 0.0495.